The minimum absolute atomic E-state index is 0. The van der Waals surface area contributed by atoms with Crippen LogP contribution >= 0.6 is 0 Å². The van der Waals surface area contributed by atoms with Crippen molar-refractivity contribution in [1.29, 1.82) is 0 Å². The van der Waals surface area contributed by atoms with E-state index in [1.807, 2.05) is 0 Å². The van der Waals surface area contributed by atoms with Crippen molar-refractivity contribution < 1.29 is 24.5 Å². The summed E-state index contributed by atoms with van der Waals surface area (Å²) in [6, 6.07) is 41.1. The Kier molecular flexibility index (Phi) is 8.90. The molecule has 0 bridgehead atoms. The predicted molar refractivity (Wildman–Crippen MR) is 183 cm³/mol. The predicted octanol–water partition coefficient (Wildman–Crippen LogP) is 10.9. The van der Waals surface area contributed by atoms with E-state index in [4.69, 9.17) is 9.40 Å². The van der Waals surface area contributed by atoms with E-state index in [1.165, 1.54) is 39.1 Å². The number of aryl methyl sites for hydroxylation is 2. The van der Waals surface area contributed by atoms with E-state index in [9.17, 15) is 0 Å². The zero-order valence-corrected chi connectivity index (χ0v) is 28.6. The van der Waals surface area contributed by atoms with Crippen LogP contribution in [0.1, 0.15) is 61.8 Å². The van der Waals surface area contributed by atoms with Gasteiger partial charge in [-0.2, -0.15) is 0 Å². The minimum atomic E-state index is 0. The average Bonchev–Trinajstić information content (AvgIpc) is 3.65. The van der Waals surface area contributed by atoms with Crippen LogP contribution < -0.4 is 0 Å². The van der Waals surface area contributed by atoms with Gasteiger partial charge in [-0.1, -0.05) is 135 Å². The van der Waals surface area contributed by atoms with Gasteiger partial charge >= 0.3 is 0 Å². The Labute approximate surface area is 279 Å². The zero-order valence-electron chi connectivity index (χ0n) is 26.2. The summed E-state index contributed by atoms with van der Waals surface area (Å²) in [6.45, 7) is 9.15. The average molecular weight is 766 g/mol. The third-order valence-electron chi connectivity index (χ3n) is 8.65. The van der Waals surface area contributed by atoms with E-state index in [0.29, 0.717) is 11.8 Å². The maximum Gasteiger partial charge on any atom is 0.0774 e. The molecule has 0 aliphatic carbocycles. The summed E-state index contributed by atoms with van der Waals surface area (Å²) < 4.78 is 8.43. The molecule has 0 unspecified atom stereocenters. The van der Waals surface area contributed by atoms with Gasteiger partial charge in [0.1, 0.15) is 0 Å². The van der Waals surface area contributed by atoms with Crippen molar-refractivity contribution in [2.24, 2.45) is 0 Å². The summed E-state index contributed by atoms with van der Waals surface area (Å²) in [5.41, 5.74) is 12.7. The molecule has 2 heterocycles. The second-order valence-electron chi connectivity index (χ2n) is 12.3. The summed E-state index contributed by atoms with van der Waals surface area (Å²) in [6.07, 6.45) is 5.22. The summed E-state index contributed by atoms with van der Waals surface area (Å²) in [7, 11) is 0. The van der Waals surface area contributed by atoms with Crippen molar-refractivity contribution in [2.75, 3.05) is 0 Å². The molecule has 1 radical (unpaired) electrons. The number of benzene rings is 5. The van der Waals surface area contributed by atoms with Crippen molar-refractivity contribution in [3.63, 3.8) is 0 Å². The Morgan fingerprint density at radius 3 is 1.98 bits per heavy atom. The number of para-hydroxylation sites is 2. The number of aromatic nitrogens is 2. The summed E-state index contributed by atoms with van der Waals surface area (Å²) in [4.78, 5) is 5.26. The van der Waals surface area contributed by atoms with Crippen LogP contribution in [0.2, 0.25) is 0 Å². The van der Waals surface area contributed by atoms with Crippen molar-refractivity contribution in [3.05, 3.63) is 144 Å². The fraction of sp³-hybridized carbons (Fsp3) is 0.195. The minimum Gasteiger partial charge on any atom is -0.557 e. The standard InChI is InChI=1S/C41H37N2O.Ir/c1-27(2)33-24-32(31-15-9-6-10-16-31)25-34(28(3)4)40(33)43-38-18-12-11-17-37(38)42-41(43)36-26-44-39-22-21-30(23-35(36)39)20-19-29-13-7-5-8-14-29;/h5-18,21-25,27-28H,19-20H2,1-4H3;/q-1;. The molecule has 0 aliphatic rings. The van der Waals surface area contributed by atoms with Gasteiger partial charge in [-0.05, 0) is 76.8 Å². The van der Waals surface area contributed by atoms with Crippen LogP contribution in [0.3, 0.4) is 0 Å². The van der Waals surface area contributed by atoms with Crippen LogP contribution in [0.5, 0.6) is 0 Å². The molecule has 7 rings (SSSR count). The number of nitrogens with zero attached hydrogens (tertiary/aromatic N) is 2. The topological polar surface area (TPSA) is 31.0 Å². The van der Waals surface area contributed by atoms with Gasteiger partial charge < -0.3 is 8.98 Å². The van der Waals surface area contributed by atoms with Crippen LogP contribution in [0, 0.1) is 6.26 Å². The molecule has 7 aromatic rings. The van der Waals surface area contributed by atoms with Crippen molar-refractivity contribution in [1.82, 2.24) is 9.55 Å². The van der Waals surface area contributed by atoms with Crippen molar-refractivity contribution in [2.45, 2.75) is 52.4 Å². The molecule has 0 amide bonds. The van der Waals surface area contributed by atoms with Crippen LogP contribution in [-0.4, -0.2) is 9.55 Å². The molecular weight excluding hydrogens is 729 g/mol. The second kappa shape index (κ2) is 13.0. The Balaban J connectivity index is 0.00000357. The maximum atomic E-state index is 6.06. The largest absolute Gasteiger partial charge is 0.557 e. The Bertz CT molecular complexity index is 2040. The number of imidazole rings is 1. The Morgan fingerprint density at radius 1 is 0.667 bits per heavy atom. The molecule has 227 valence electrons. The second-order valence-corrected chi connectivity index (χ2v) is 12.3. The van der Waals surface area contributed by atoms with Gasteiger partial charge in [0.2, 0.25) is 0 Å². The Hall–Kier alpha value is -4.24. The molecule has 0 atom stereocenters. The van der Waals surface area contributed by atoms with Gasteiger partial charge in [0.05, 0.1) is 16.9 Å². The van der Waals surface area contributed by atoms with Gasteiger partial charge in [0, 0.05) is 37.6 Å². The molecular formula is C41H37IrN2O-. The fourth-order valence-electron chi connectivity index (χ4n) is 6.31. The molecule has 0 saturated carbocycles. The molecule has 4 heteroatoms. The van der Waals surface area contributed by atoms with Gasteiger partial charge in [0.15, 0.2) is 0 Å². The SMILES string of the molecule is CC(C)c1cc(-c2ccccc2)cc(C(C)C)c1-n1c(-c2[c-]oc3ccc(CCc4ccccc4)cc23)nc2ccccc21.[Ir]. The molecule has 45 heavy (non-hydrogen) atoms. The molecule has 0 spiro atoms. The van der Waals surface area contributed by atoms with Crippen LogP contribution in [-0.2, 0) is 32.9 Å². The molecule has 0 fully saturated rings. The van der Waals surface area contributed by atoms with Gasteiger partial charge in [-0.15, -0.1) is 0 Å². The summed E-state index contributed by atoms with van der Waals surface area (Å²) in [5.74, 6) is 1.46. The van der Waals surface area contributed by atoms with Gasteiger partial charge in [0.25, 0.3) is 0 Å². The van der Waals surface area contributed by atoms with Crippen LogP contribution in [0.4, 0.5) is 0 Å². The van der Waals surface area contributed by atoms with Crippen LogP contribution in [0.15, 0.2) is 120 Å². The van der Waals surface area contributed by atoms with E-state index in [1.54, 1.807) is 0 Å². The van der Waals surface area contributed by atoms with E-state index >= 15 is 0 Å². The fourth-order valence-corrected chi connectivity index (χ4v) is 6.31. The quantitative estimate of drug-likeness (QED) is 0.144. The first-order chi connectivity index (χ1) is 21.5. The molecule has 3 nitrogen and oxygen atoms in total. The summed E-state index contributed by atoms with van der Waals surface area (Å²) >= 11 is 0. The first kappa shape index (κ1) is 30.8. The number of hydrogen-bond donors (Lipinski definition) is 0. The normalized spacial score (nSPS) is 11.5. The first-order valence-corrected chi connectivity index (χ1v) is 15.7. The van der Waals surface area contributed by atoms with E-state index in [-0.39, 0.29) is 20.1 Å². The first-order valence-electron chi connectivity index (χ1n) is 15.7. The number of rotatable bonds is 8. The molecule has 0 saturated heterocycles. The van der Waals surface area contributed by atoms with Gasteiger partial charge in [-0.25, -0.2) is 0 Å². The molecule has 0 aliphatic heterocycles. The monoisotopic (exact) mass is 766 g/mol. The van der Waals surface area contributed by atoms with Crippen LogP contribution in [0.25, 0.3) is 50.2 Å². The maximum absolute atomic E-state index is 6.06. The molecule has 5 aromatic carbocycles. The Morgan fingerprint density at radius 2 is 1.29 bits per heavy atom. The third-order valence-corrected chi connectivity index (χ3v) is 8.65. The van der Waals surface area contributed by atoms with Gasteiger partial charge in [-0.3, -0.25) is 4.98 Å². The number of fused-ring (bicyclic) bond motifs is 2. The smallest absolute Gasteiger partial charge is 0.0774 e. The van der Waals surface area contributed by atoms with E-state index in [0.717, 1.165) is 46.2 Å². The summed E-state index contributed by atoms with van der Waals surface area (Å²) in [5, 5.41) is 1.05. The van der Waals surface area contributed by atoms with Crippen molar-refractivity contribution >= 4 is 22.0 Å². The third kappa shape index (κ3) is 5.93. The molecule has 0 N–H and O–H groups in total. The van der Waals surface area contributed by atoms with Crippen molar-refractivity contribution in [3.8, 4) is 28.2 Å². The zero-order chi connectivity index (χ0) is 30.2. The number of hydrogen-bond acceptors (Lipinski definition) is 2. The molecule has 2 aromatic heterocycles. The number of furan rings is 1. The van der Waals surface area contributed by atoms with E-state index in [2.05, 4.69) is 154 Å². The van der Waals surface area contributed by atoms with E-state index < -0.39 is 0 Å².